The Kier molecular flexibility index (Phi) is 3.06. The number of Topliss-reactive ketones (excluding diaryl/α,β-unsaturated/α-hetero) is 1. The third-order valence-electron chi connectivity index (χ3n) is 5.13. The number of anilines is 1. The van der Waals surface area contributed by atoms with Gasteiger partial charge in [-0.15, -0.1) is 0 Å². The highest BCUT2D eigenvalue weighted by Crippen LogP contribution is 2.41. The predicted molar refractivity (Wildman–Crippen MR) is 103 cm³/mol. The zero-order chi connectivity index (χ0) is 17.8. The van der Waals surface area contributed by atoms with E-state index in [9.17, 15) is 4.79 Å². The van der Waals surface area contributed by atoms with Gasteiger partial charge in [-0.3, -0.25) is 9.36 Å². The number of nitrogens with one attached hydrogen (secondary N) is 2. The number of aromatic nitrogens is 3. The standard InChI is InChI=1S/C21H18N4O/c1-12-19(13(2)26)20(15-11-22-16-8-4-3-7-14(15)16)25-18-10-6-5-9-17(18)24-21(25)23-12/h3-11,20,22H,1-2H3,(H,23,24)/t20-/m1/s1. The number of carbonyl (C=O) groups excluding carboxylic acids is 1. The molecule has 3 heterocycles. The summed E-state index contributed by atoms with van der Waals surface area (Å²) in [6.07, 6.45) is 2.01. The van der Waals surface area contributed by atoms with Crippen LogP contribution in [0.3, 0.4) is 0 Å². The monoisotopic (exact) mass is 342 g/mol. The van der Waals surface area contributed by atoms with Crippen molar-refractivity contribution in [2.24, 2.45) is 0 Å². The highest BCUT2D eigenvalue weighted by atomic mass is 16.1. The molecule has 0 unspecified atom stereocenters. The number of allylic oxidation sites excluding steroid dienone is 2. The first kappa shape index (κ1) is 15.0. The molecule has 4 aromatic rings. The lowest BCUT2D eigenvalue weighted by atomic mass is 9.92. The Labute approximate surface area is 150 Å². The lowest BCUT2D eigenvalue weighted by Gasteiger charge is -2.29. The zero-order valence-corrected chi connectivity index (χ0v) is 14.6. The molecule has 0 bridgehead atoms. The number of fused-ring (bicyclic) bond motifs is 4. The van der Waals surface area contributed by atoms with E-state index in [1.807, 2.05) is 49.5 Å². The van der Waals surface area contributed by atoms with Crippen molar-refractivity contribution < 1.29 is 4.79 Å². The van der Waals surface area contributed by atoms with Crippen LogP contribution in [0.2, 0.25) is 0 Å². The number of ketones is 1. The number of rotatable bonds is 2. The van der Waals surface area contributed by atoms with Gasteiger partial charge in [0.25, 0.3) is 0 Å². The minimum Gasteiger partial charge on any atom is -0.361 e. The number of nitrogens with zero attached hydrogens (tertiary/aromatic N) is 2. The summed E-state index contributed by atoms with van der Waals surface area (Å²) >= 11 is 0. The molecule has 1 aliphatic rings. The smallest absolute Gasteiger partial charge is 0.209 e. The van der Waals surface area contributed by atoms with E-state index in [0.717, 1.165) is 44.7 Å². The van der Waals surface area contributed by atoms with Crippen molar-refractivity contribution in [2.45, 2.75) is 19.9 Å². The first-order valence-electron chi connectivity index (χ1n) is 8.67. The van der Waals surface area contributed by atoms with Crippen LogP contribution < -0.4 is 5.32 Å². The number of para-hydroxylation sites is 3. The van der Waals surface area contributed by atoms with Gasteiger partial charge < -0.3 is 10.3 Å². The van der Waals surface area contributed by atoms with E-state index < -0.39 is 0 Å². The second-order valence-electron chi connectivity index (χ2n) is 6.71. The fraction of sp³-hybridized carbons (Fsp3) is 0.143. The average molecular weight is 342 g/mol. The molecule has 0 aliphatic carbocycles. The van der Waals surface area contributed by atoms with E-state index in [1.54, 1.807) is 6.92 Å². The summed E-state index contributed by atoms with van der Waals surface area (Å²) in [6.45, 7) is 3.58. The number of hydrogen-bond acceptors (Lipinski definition) is 3. The van der Waals surface area contributed by atoms with Crippen LogP contribution in [-0.2, 0) is 4.79 Å². The van der Waals surface area contributed by atoms with Crippen LogP contribution in [0.4, 0.5) is 5.95 Å². The first-order valence-corrected chi connectivity index (χ1v) is 8.67. The van der Waals surface area contributed by atoms with Gasteiger partial charge in [0, 0.05) is 33.9 Å². The topological polar surface area (TPSA) is 62.7 Å². The van der Waals surface area contributed by atoms with Gasteiger partial charge in [-0.1, -0.05) is 30.3 Å². The number of aromatic amines is 1. The summed E-state index contributed by atoms with van der Waals surface area (Å²) in [5, 5.41) is 4.44. The van der Waals surface area contributed by atoms with Gasteiger partial charge in [-0.25, -0.2) is 4.98 Å². The molecule has 5 nitrogen and oxygen atoms in total. The van der Waals surface area contributed by atoms with E-state index in [-0.39, 0.29) is 11.8 Å². The minimum atomic E-state index is -0.215. The van der Waals surface area contributed by atoms with E-state index >= 15 is 0 Å². The number of hydrogen-bond donors (Lipinski definition) is 2. The molecule has 0 fully saturated rings. The lowest BCUT2D eigenvalue weighted by Crippen LogP contribution is -2.26. The summed E-state index contributed by atoms with van der Waals surface area (Å²) < 4.78 is 2.13. The quantitative estimate of drug-likeness (QED) is 0.568. The van der Waals surface area contributed by atoms with Crippen LogP contribution in [0.15, 0.2) is 66.0 Å². The fourth-order valence-corrected chi connectivity index (χ4v) is 4.03. The van der Waals surface area contributed by atoms with Gasteiger partial charge >= 0.3 is 0 Å². The second-order valence-corrected chi connectivity index (χ2v) is 6.71. The largest absolute Gasteiger partial charge is 0.361 e. The molecular weight excluding hydrogens is 324 g/mol. The van der Waals surface area contributed by atoms with Gasteiger partial charge in [0.2, 0.25) is 5.95 Å². The normalized spacial score (nSPS) is 16.8. The maximum Gasteiger partial charge on any atom is 0.209 e. The van der Waals surface area contributed by atoms with E-state index in [4.69, 9.17) is 4.98 Å². The zero-order valence-electron chi connectivity index (χ0n) is 14.6. The Bertz CT molecular complexity index is 1210. The molecular formula is C21H18N4O. The van der Waals surface area contributed by atoms with E-state index in [0.29, 0.717) is 0 Å². The van der Waals surface area contributed by atoms with Gasteiger partial charge in [0.05, 0.1) is 17.1 Å². The predicted octanol–water partition coefficient (Wildman–Crippen LogP) is 4.40. The van der Waals surface area contributed by atoms with Crippen LogP contribution >= 0.6 is 0 Å². The van der Waals surface area contributed by atoms with Crippen molar-refractivity contribution >= 4 is 33.7 Å². The van der Waals surface area contributed by atoms with Crippen LogP contribution in [0.5, 0.6) is 0 Å². The van der Waals surface area contributed by atoms with Crippen LogP contribution in [0.1, 0.15) is 25.5 Å². The van der Waals surface area contributed by atoms with Crippen molar-refractivity contribution in [1.29, 1.82) is 0 Å². The minimum absolute atomic E-state index is 0.0636. The molecule has 26 heavy (non-hydrogen) atoms. The van der Waals surface area contributed by atoms with Crippen molar-refractivity contribution in [3.05, 3.63) is 71.6 Å². The van der Waals surface area contributed by atoms with Gasteiger partial charge in [0.1, 0.15) is 0 Å². The van der Waals surface area contributed by atoms with E-state index in [2.05, 4.69) is 27.0 Å². The third-order valence-corrected chi connectivity index (χ3v) is 5.13. The Morgan fingerprint density at radius 2 is 1.88 bits per heavy atom. The molecule has 1 aliphatic heterocycles. The molecule has 2 aromatic carbocycles. The molecule has 1 atom stereocenters. The number of carbonyl (C=O) groups is 1. The molecule has 2 aromatic heterocycles. The first-order chi connectivity index (χ1) is 12.6. The Balaban J connectivity index is 1.87. The summed E-state index contributed by atoms with van der Waals surface area (Å²) in [5.41, 5.74) is 5.69. The molecule has 5 rings (SSSR count). The van der Waals surface area contributed by atoms with Gasteiger partial charge in [-0.05, 0) is 32.0 Å². The Hall–Kier alpha value is -3.34. The molecule has 2 N–H and O–H groups in total. The number of imidazole rings is 1. The highest BCUT2D eigenvalue weighted by Gasteiger charge is 2.33. The molecule has 0 amide bonds. The molecule has 5 heteroatoms. The fourth-order valence-electron chi connectivity index (χ4n) is 4.03. The average Bonchev–Trinajstić information content (AvgIpc) is 3.21. The summed E-state index contributed by atoms with van der Waals surface area (Å²) in [6, 6.07) is 16.0. The number of H-pyrrole nitrogens is 1. The molecule has 0 saturated carbocycles. The number of benzene rings is 2. The maximum absolute atomic E-state index is 12.6. The summed E-state index contributed by atoms with van der Waals surface area (Å²) in [5.74, 6) is 0.831. The SMILES string of the molecule is CC(=O)C1=C(C)Nc2nc3ccccc3n2[C@@H]1c1c[nH]c2ccccc12. The maximum atomic E-state index is 12.6. The highest BCUT2D eigenvalue weighted by molar-refractivity contribution is 5.99. The van der Waals surface area contributed by atoms with Gasteiger partial charge in [0.15, 0.2) is 5.78 Å². The van der Waals surface area contributed by atoms with Crippen LogP contribution in [0, 0.1) is 0 Å². The van der Waals surface area contributed by atoms with Crippen molar-refractivity contribution in [2.75, 3.05) is 5.32 Å². The molecule has 0 saturated heterocycles. The lowest BCUT2D eigenvalue weighted by molar-refractivity contribution is -0.114. The Morgan fingerprint density at radius 3 is 2.73 bits per heavy atom. The molecule has 128 valence electrons. The second kappa shape index (κ2) is 5.33. The molecule has 0 radical (unpaired) electrons. The summed E-state index contributed by atoms with van der Waals surface area (Å²) in [7, 11) is 0. The van der Waals surface area contributed by atoms with Crippen molar-refractivity contribution in [1.82, 2.24) is 14.5 Å². The summed E-state index contributed by atoms with van der Waals surface area (Å²) in [4.78, 5) is 20.7. The third kappa shape index (κ3) is 1.97. The van der Waals surface area contributed by atoms with Crippen LogP contribution in [0.25, 0.3) is 21.9 Å². The Morgan fingerprint density at radius 1 is 1.12 bits per heavy atom. The van der Waals surface area contributed by atoms with E-state index in [1.165, 1.54) is 0 Å². The van der Waals surface area contributed by atoms with Crippen molar-refractivity contribution in [3.63, 3.8) is 0 Å². The molecule has 0 spiro atoms. The van der Waals surface area contributed by atoms with Crippen LogP contribution in [-0.4, -0.2) is 20.3 Å². The van der Waals surface area contributed by atoms with Crippen molar-refractivity contribution in [3.8, 4) is 0 Å². The van der Waals surface area contributed by atoms with Gasteiger partial charge in [-0.2, -0.15) is 0 Å².